The molecular weight excluding hydrogens is 400 g/mol. The summed E-state index contributed by atoms with van der Waals surface area (Å²) in [6.45, 7) is 7.25. The van der Waals surface area contributed by atoms with E-state index in [1.54, 1.807) is 0 Å². The first-order chi connectivity index (χ1) is 14.6. The number of ether oxygens (including phenoxy) is 1. The highest BCUT2D eigenvalue weighted by atomic mass is 35.5. The fraction of sp³-hybridized carbons (Fsp3) is 0.682. The fourth-order valence-corrected chi connectivity index (χ4v) is 5.79. The van der Waals surface area contributed by atoms with Crippen molar-refractivity contribution in [2.45, 2.75) is 51.3 Å². The molecule has 0 bridgehead atoms. The van der Waals surface area contributed by atoms with Crippen molar-refractivity contribution in [3.63, 3.8) is 0 Å². The number of aryl methyl sites for hydroxylation is 1. The lowest BCUT2D eigenvalue weighted by molar-refractivity contribution is -0.00543. The van der Waals surface area contributed by atoms with E-state index in [1.165, 1.54) is 25.9 Å². The second-order valence-corrected chi connectivity index (χ2v) is 9.58. The molecule has 2 aromatic heterocycles. The van der Waals surface area contributed by atoms with Crippen molar-refractivity contribution < 1.29 is 4.74 Å². The average Bonchev–Trinajstić information content (AvgIpc) is 3.49. The van der Waals surface area contributed by atoms with Crippen LogP contribution in [0.1, 0.15) is 43.1 Å². The Morgan fingerprint density at radius 1 is 1.13 bits per heavy atom. The number of hydrogen-bond acceptors (Lipinski definition) is 6. The van der Waals surface area contributed by atoms with E-state index in [-0.39, 0.29) is 12.1 Å². The minimum atomic E-state index is 0.161. The minimum absolute atomic E-state index is 0.161. The molecule has 162 valence electrons. The molecule has 30 heavy (non-hydrogen) atoms. The number of likely N-dealkylation sites (tertiary alicyclic amines) is 1. The van der Waals surface area contributed by atoms with Gasteiger partial charge in [-0.3, -0.25) is 4.90 Å². The van der Waals surface area contributed by atoms with Crippen LogP contribution in [0.15, 0.2) is 18.3 Å². The van der Waals surface area contributed by atoms with Crippen LogP contribution in [0.5, 0.6) is 0 Å². The van der Waals surface area contributed by atoms with E-state index >= 15 is 0 Å². The molecule has 1 saturated carbocycles. The Bertz CT molecular complexity index is 882. The summed E-state index contributed by atoms with van der Waals surface area (Å²) in [5, 5.41) is 9.72. The Kier molecular flexibility index (Phi) is 5.69. The number of rotatable bonds is 5. The van der Waals surface area contributed by atoms with Crippen molar-refractivity contribution >= 4 is 17.4 Å². The molecule has 8 heteroatoms. The number of halogens is 1. The van der Waals surface area contributed by atoms with Crippen LogP contribution >= 0.6 is 11.6 Å². The second-order valence-electron chi connectivity index (χ2n) is 9.17. The number of aromatic nitrogens is 4. The Labute approximate surface area is 183 Å². The summed E-state index contributed by atoms with van der Waals surface area (Å²) in [7, 11) is 1.83. The van der Waals surface area contributed by atoms with Crippen molar-refractivity contribution in [3.8, 4) is 0 Å². The summed E-state index contributed by atoms with van der Waals surface area (Å²) >= 11 is 6.47. The highest BCUT2D eigenvalue weighted by Gasteiger charge is 2.44. The van der Waals surface area contributed by atoms with Crippen LogP contribution in [0, 0.1) is 18.8 Å². The number of anilines is 1. The van der Waals surface area contributed by atoms with Gasteiger partial charge in [-0.15, -0.1) is 5.10 Å². The maximum atomic E-state index is 6.47. The molecule has 3 fully saturated rings. The van der Waals surface area contributed by atoms with Gasteiger partial charge < -0.3 is 9.64 Å². The SMILES string of the molecule is CO[C@@H]1C[C@H]2CN(c3nc(C)ccc3Cl)C[C@H]2C[C@H]1n1cc(CN2CCCC2)nn1. The third-order valence-corrected chi connectivity index (χ3v) is 7.43. The lowest BCUT2D eigenvalue weighted by Crippen LogP contribution is -2.37. The smallest absolute Gasteiger partial charge is 0.147 e. The van der Waals surface area contributed by atoms with Crippen molar-refractivity contribution in [1.29, 1.82) is 0 Å². The fourth-order valence-electron chi connectivity index (χ4n) is 5.56. The summed E-state index contributed by atoms with van der Waals surface area (Å²) in [6.07, 6.45) is 6.97. The van der Waals surface area contributed by atoms with Gasteiger partial charge in [0.05, 0.1) is 29.1 Å². The van der Waals surface area contributed by atoms with E-state index in [0.717, 1.165) is 54.7 Å². The van der Waals surface area contributed by atoms with E-state index in [0.29, 0.717) is 11.8 Å². The summed E-state index contributed by atoms with van der Waals surface area (Å²) in [5.41, 5.74) is 2.07. The van der Waals surface area contributed by atoms with Gasteiger partial charge in [-0.05, 0) is 69.7 Å². The Morgan fingerprint density at radius 2 is 1.90 bits per heavy atom. The number of hydrogen-bond donors (Lipinski definition) is 0. The van der Waals surface area contributed by atoms with Gasteiger partial charge in [0.15, 0.2) is 0 Å². The van der Waals surface area contributed by atoms with Gasteiger partial charge in [-0.2, -0.15) is 0 Å². The first-order valence-corrected chi connectivity index (χ1v) is 11.5. The van der Waals surface area contributed by atoms with Gasteiger partial charge in [0, 0.05) is 32.4 Å². The summed E-state index contributed by atoms with van der Waals surface area (Å²) in [6, 6.07) is 4.16. The third-order valence-electron chi connectivity index (χ3n) is 7.14. The molecule has 4 atom stereocenters. The summed E-state index contributed by atoms with van der Waals surface area (Å²) in [4.78, 5) is 9.54. The topological polar surface area (TPSA) is 59.3 Å². The number of nitrogens with zero attached hydrogens (tertiary/aromatic N) is 6. The summed E-state index contributed by atoms with van der Waals surface area (Å²) < 4.78 is 8.00. The quantitative estimate of drug-likeness (QED) is 0.725. The van der Waals surface area contributed by atoms with Crippen molar-refractivity contribution in [2.75, 3.05) is 38.2 Å². The molecule has 0 unspecified atom stereocenters. The monoisotopic (exact) mass is 430 g/mol. The van der Waals surface area contributed by atoms with Crippen LogP contribution in [0.4, 0.5) is 5.82 Å². The number of fused-ring (bicyclic) bond motifs is 1. The van der Waals surface area contributed by atoms with E-state index in [2.05, 4.69) is 31.0 Å². The molecule has 2 saturated heterocycles. The molecule has 1 aliphatic carbocycles. The van der Waals surface area contributed by atoms with Crippen LogP contribution < -0.4 is 4.90 Å². The lowest BCUT2D eigenvalue weighted by Gasteiger charge is -2.36. The van der Waals surface area contributed by atoms with E-state index in [4.69, 9.17) is 21.3 Å². The van der Waals surface area contributed by atoms with Gasteiger partial charge >= 0.3 is 0 Å². The van der Waals surface area contributed by atoms with Crippen molar-refractivity contribution in [1.82, 2.24) is 24.9 Å². The molecule has 7 nitrogen and oxygen atoms in total. The third kappa shape index (κ3) is 3.95. The van der Waals surface area contributed by atoms with Crippen LogP contribution in [-0.2, 0) is 11.3 Å². The second kappa shape index (κ2) is 8.44. The summed E-state index contributed by atoms with van der Waals surface area (Å²) in [5.74, 6) is 2.11. The van der Waals surface area contributed by atoms with Crippen LogP contribution in [0.3, 0.4) is 0 Å². The molecule has 0 amide bonds. The van der Waals surface area contributed by atoms with Gasteiger partial charge in [0.2, 0.25) is 0 Å². The van der Waals surface area contributed by atoms with E-state index in [9.17, 15) is 0 Å². The molecular formula is C22H31ClN6O. The predicted octanol–water partition coefficient (Wildman–Crippen LogP) is 3.33. The van der Waals surface area contributed by atoms with Crippen LogP contribution in [0.25, 0.3) is 0 Å². The zero-order valence-corrected chi connectivity index (χ0v) is 18.6. The molecule has 5 rings (SSSR count). The molecule has 0 spiro atoms. The molecule has 0 N–H and O–H groups in total. The number of methoxy groups -OCH3 is 1. The number of pyridine rings is 1. The molecule has 4 heterocycles. The van der Waals surface area contributed by atoms with Gasteiger partial charge in [0.1, 0.15) is 5.82 Å². The standard InChI is InChI=1S/C22H31ClN6O/c1-15-5-6-19(23)22(24-15)28-11-16-9-20(21(30-2)10-17(16)12-28)29-14-18(25-26-29)13-27-7-3-4-8-27/h5-6,14,16-17,20-21H,3-4,7-13H2,1-2H3/t16-,17+,20-,21-/m1/s1. The van der Waals surface area contributed by atoms with Crippen LogP contribution in [-0.4, -0.2) is 64.3 Å². The van der Waals surface area contributed by atoms with Crippen molar-refractivity contribution in [3.05, 3.63) is 34.7 Å². The highest BCUT2D eigenvalue weighted by molar-refractivity contribution is 6.32. The van der Waals surface area contributed by atoms with Crippen LogP contribution in [0.2, 0.25) is 5.02 Å². The van der Waals surface area contributed by atoms with E-state index in [1.807, 2.05) is 26.2 Å². The Hall–Kier alpha value is -1.70. The molecule has 0 aromatic carbocycles. The minimum Gasteiger partial charge on any atom is -0.379 e. The van der Waals surface area contributed by atoms with Gasteiger partial charge in [-0.25, -0.2) is 9.67 Å². The zero-order chi connectivity index (χ0) is 20.7. The molecule has 3 aliphatic rings. The normalized spacial score (nSPS) is 29.5. The molecule has 2 aliphatic heterocycles. The predicted molar refractivity (Wildman–Crippen MR) is 117 cm³/mol. The van der Waals surface area contributed by atoms with Gasteiger partial charge in [0.25, 0.3) is 0 Å². The Balaban J connectivity index is 1.30. The molecule has 2 aromatic rings. The maximum absolute atomic E-state index is 6.47. The first kappa shape index (κ1) is 20.2. The highest BCUT2D eigenvalue weighted by Crippen LogP contribution is 2.44. The maximum Gasteiger partial charge on any atom is 0.147 e. The Morgan fingerprint density at radius 3 is 2.67 bits per heavy atom. The lowest BCUT2D eigenvalue weighted by atomic mass is 9.77. The molecule has 0 radical (unpaired) electrons. The largest absolute Gasteiger partial charge is 0.379 e. The zero-order valence-electron chi connectivity index (χ0n) is 17.9. The first-order valence-electron chi connectivity index (χ1n) is 11.1. The van der Waals surface area contributed by atoms with E-state index < -0.39 is 0 Å². The average molecular weight is 431 g/mol. The van der Waals surface area contributed by atoms with Crippen molar-refractivity contribution in [2.24, 2.45) is 11.8 Å². The van der Waals surface area contributed by atoms with Gasteiger partial charge in [-0.1, -0.05) is 16.8 Å².